The standard InChI is InChI=1S/C16H11BrFNO3/c17-13-6-1-2-7-14(13)19-15(20)8-9-16(21)22-12-5-3-4-11(18)10-12/h1-10H,(H,19,20)/b9-8+. The maximum Gasteiger partial charge on any atom is 0.336 e. The van der Waals surface area contributed by atoms with Crippen LogP contribution < -0.4 is 10.1 Å². The largest absolute Gasteiger partial charge is 0.423 e. The molecule has 0 heterocycles. The lowest BCUT2D eigenvalue weighted by molar-refractivity contribution is -0.129. The molecule has 2 rings (SSSR count). The monoisotopic (exact) mass is 363 g/mol. The number of ether oxygens (including phenoxy) is 1. The first kappa shape index (κ1) is 15.9. The van der Waals surface area contributed by atoms with Gasteiger partial charge in [-0.25, -0.2) is 9.18 Å². The van der Waals surface area contributed by atoms with Crippen molar-refractivity contribution in [2.45, 2.75) is 0 Å². The van der Waals surface area contributed by atoms with Crippen LogP contribution in [0, 0.1) is 5.82 Å². The van der Waals surface area contributed by atoms with Crippen LogP contribution in [0.25, 0.3) is 0 Å². The number of para-hydroxylation sites is 1. The molecule has 0 atom stereocenters. The van der Waals surface area contributed by atoms with Crippen molar-refractivity contribution in [1.29, 1.82) is 0 Å². The summed E-state index contributed by atoms with van der Waals surface area (Å²) in [5.41, 5.74) is 0.579. The number of nitrogens with one attached hydrogen (secondary N) is 1. The second-order valence-corrected chi connectivity index (χ2v) is 5.04. The van der Waals surface area contributed by atoms with Crippen LogP contribution in [0.15, 0.2) is 65.2 Å². The van der Waals surface area contributed by atoms with E-state index < -0.39 is 17.7 Å². The van der Waals surface area contributed by atoms with Crippen LogP contribution in [-0.4, -0.2) is 11.9 Å². The minimum Gasteiger partial charge on any atom is -0.423 e. The van der Waals surface area contributed by atoms with Crippen molar-refractivity contribution in [3.05, 3.63) is 71.0 Å². The van der Waals surface area contributed by atoms with E-state index in [1.165, 1.54) is 18.2 Å². The van der Waals surface area contributed by atoms with E-state index in [2.05, 4.69) is 21.2 Å². The SMILES string of the molecule is O=C(/C=C/C(=O)Oc1cccc(F)c1)Nc1ccccc1Br. The number of rotatable bonds is 4. The normalized spacial score (nSPS) is 10.5. The molecule has 0 aliphatic heterocycles. The van der Waals surface area contributed by atoms with Gasteiger partial charge in [0.1, 0.15) is 11.6 Å². The maximum atomic E-state index is 12.9. The van der Waals surface area contributed by atoms with E-state index in [4.69, 9.17) is 4.74 Å². The molecule has 0 unspecified atom stereocenters. The maximum absolute atomic E-state index is 12.9. The van der Waals surface area contributed by atoms with E-state index in [0.29, 0.717) is 5.69 Å². The average Bonchev–Trinajstić information content (AvgIpc) is 2.48. The minimum atomic E-state index is -0.770. The molecular formula is C16H11BrFNO3. The van der Waals surface area contributed by atoms with Crippen LogP contribution >= 0.6 is 15.9 Å². The highest BCUT2D eigenvalue weighted by molar-refractivity contribution is 9.10. The van der Waals surface area contributed by atoms with Gasteiger partial charge in [-0.1, -0.05) is 18.2 Å². The number of esters is 1. The summed E-state index contributed by atoms with van der Waals surface area (Å²) in [4.78, 5) is 23.2. The molecule has 0 bridgehead atoms. The molecule has 0 aromatic heterocycles. The molecule has 0 saturated carbocycles. The Labute approximate surface area is 134 Å². The first-order chi connectivity index (χ1) is 10.5. The predicted octanol–water partition coefficient (Wildman–Crippen LogP) is 3.69. The summed E-state index contributed by atoms with van der Waals surface area (Å²) >= 11 is 3.29. The fourth-order valence-electron chi connectivity index (χ4n) is 1.56. The van der Waals surface area contributed by atoms with Crippen molar-refractivity contribution in [3.63, 3.8) is 0 Å². The molecule has 0 saturated heterocycles. The number of hydrogen-bond acceptors (Lipinski definition) is 3. The summed E-state index contributed by atoms with van der Waals surface area (Å²) < 4.78 is 18.5. The first-order valence-electron chi connectivity index (χ1n) is 6.25. The molecule has 22 heavy (non-hydrogen) atoms. The smallest absolute Gasteiger partial charge is 0.336 e. The summed E-state index contributed by atoms with van der Waals surface area (Å²) in [5, 5.41) is 2.60. The Kier molecular flexibility index (Phi) is 5.43. The summed E-state index contributed by atoms with van der Waals surface area (Å²) in [6, 6.07) is 12.2. The molecule has 2 aromatic carbocycles. The molecular weight excluding hydrogens is 353 g/mol. The van der Waals surface area contributed by atoms with Gasteiger partial charge in [0.2, 0.25) is 5.91 Å². The number of carbonyl (C=O) groups excluding carboxylic acids is 2. The minimum absolute atomic E-state index is 0.0702. The molecule has 1 N–H and O–H groups in total. The Morgan fingerprint density at radius 3 is 2.59 bits per heavy atom. The van der Waals surface area contributed by atoms with Crippen molar-refractivity contribution in [3.8, 4) is 5.75 Å². The third-order valence-electron chi connectivity index (χ3n) is 2.52. The van der Waals surface area contributed by atoms with Gasteiger partial charge in [-0.05, 0) is 40.2 Å². The number of amides is 1. The van der Waals surface area contributed by atoms with Gasteiger partial charge in [0.25, 0.3) is 0 Å². The average molecular weight is 364 g/mol. The fourth-order valence-corrected chi connectivity index (χ4v) is 1.95. The quantitative estimate of drug-likeness (QED) is 0.512. The fraction of sp³-hybridized carbons (Fsp3) is 0. The van der Waals surface area contributed by atoms with E-state index in [9.17, 15) is 14.0 Å². The first-order valence-corrected chi connectivity index (χ1v) is 7.05. The summed E-state index contributed by atoms with van der Waals surface area (Å²) in [6.45, 7) is 0. The second-order valence-electron chi connectivity index (χ2n) is 4.18. The van der Waals surface area contributed by atoms with Crippen molar-refractivity contribution < 1.29 is 18.7 Å². The van der Waals surface area contributed by atoms with Gasteiger partial charge in [-0.3, -0.25) is 4.79 Å². The molecule has 0 fully saturated rings. The number of benzene rings is 2. The highest BCUT2D eigenvalue weighted by Gasteiger charge is 2.04. The van der Waals surface area contributed by atoms with E-state index in [1.54, 1.807) is 18.2 Å². The molecule has 1 amide bonds. The van der Waals surface area contributed by atoms with E-state index in [-0.39, 0.29) is 5.75 Å². The van der Waals surface area contributed by atoms with Gasteiger partial charge in [-0.15, -0.1) is 0 Å². The Bertz CT molecular complexity index is 731. The number of anilines is 1. The molecule has 0 aliphatic carbocycles. The summed E-state index contributed by atoms with van der Waals surface area (Å²) in [7, 11) is 0. The Balaban J connectivity index is 1.92. The molecule has 6 heteroatoms. The van der Waals surface area contributed by atoms with Gasteiger partial charge in [-0.2, -0.15) is 0 Å². The molecule has 4 nitrogen and oxygen atoms in total. The lowest BCUT2D eigenvalue weighted by Gasteiger charge is -2.04. The third kappa shape index (κ3) is 4.82. The number of halogens is 2. The predicted molar refractivity (Wildman–Crippen MR) is 83.9 cm³/mol. The van der Waals surface area contributed by atoms with Gasteiger partial charge < -0.3 is 10.1 Å². The zero-order valence-electron chi connectivity index (χ0n) is 11.3. The van der Waals surface area contributed by atoms with Gasteiger partial charge in [0.15, 0.2) is 0 Å². The van der Waals surface area contributed by atoms with E-state index >= 15 is 0 Å². The Hall–Kier alpha value is -2.47. The number of hydrogen-bond donors (Lipinski definition) is 1. The molecule has 0 spiro atoms. The van der Waals surface area contributed by atoms with Crippen LogP contribution in [0.3, 0.4) is 0 Å². The van der Waals surface area contributed by atoms with Crippen molar-refractivity contribution >= 4 is 33.5 Å². The van der Waals surface area contributed by atoms with Gasteiger partial charge in [0, 0.05) is 22.7 Å². The van der Waals surface area contributed by atoms with Gasteiger partial charge >= 0.3 is 5.97 Å². The lowest BCUT2D eigenvalue weighted by Crippen LogP contribution is -2.10. The Morgan fingerprint density at radius 2 is 1.86 bits per heavy atom. The van der Waals surface area contributed by atoms with Crippen molar-refractivity contribution in [2.75, 3.05) is 5.32 Å². The summed E-state index contributed by atoms with van der Waals surface area (Å²) in [5.74, 6) is -1.70. The molecule has 0 radical (unpaired) electrons. The molecule has 2 aromatic rings. The van der Waals surface area contributed by atoms with Crippen molar-refractivity contribution in [2.24, 2.45) is 0 Å². The van der Waals surface area contributed by atoms with Crippen molar-refractivity contribution in [1.82, 2.24) is 0 Å². The van der Waals surface area contributed by atoms with Crippen LogP contribution in [0.2, 0.25) is 0 Å². The zero-order chi connectivity index (χ0) is 15.9. The zero-order valence-corrected chi connectivity index (χ0v) is 12.8. The highest BCUT2D eigenvalue weighted by Crippen LogP contribution is 2.21. The number of carbonyl (C=O) groups is 2. The van der Waals surface area contributed by atoms with Crippen LogP contribution in [-0.2, 0) is 9.59 Å². The third-order valence-corrected chi connectivity index (χ3v) is 3.21. The molecule has 112 valence electrons. The van der Waals surface area contributed by atoms with Crippen LogP contribution in [0.1, 0.15) is 0 Å². The highest BCUT2D eigenvalue weighted by atomic mass is 79.9. The molecule has 0 aliphatic rings. The van der Waals surface area contributed by atoms with E-state index in [0.717, 1.165) is 22.7 Å². The second kappa shape index (κ2) is 7.51. The lowest BCUT2D eigenvalue weighted by atomic mass is 10.3. The Morgan fingerprint density at radius 1 is 1.09 bits per heavy atom. The summed E-state index contributed by atoms with van der Waals surface area (Å²) in [6.07, 6.45) is 2.01. The topological polar surface area (TPSA) is 55.4 Å². The van der Waals surface area contributed by atoms with E-state index in [1.807, 2.05) is 6.07 Å². The van der Waals surface area contributed by atoms with Crippen LogP contribution in [0.4, 0.5) is 10.1 Å². The van der Waals surface area contributed by atoms with Gasteiger partial charge in [0.05, 0.1) is 5.69 Å². The van der Waals surface area contributed by atoms with Crippen LogP contribution in [0.5, 0.6) is 5.75 Å².